The number of aromatic nitrogens is 3. The molecule has 0 saturated heterocycles. The second-order valence-electron chi connectivity index (χ2n) is 6.72. The minimum Gasteiger partial charge on any atom is -0.490 e. The summed E-state index contributed by atoms with van der Waals surface area (Å²) in [6.07, 6.45) is 5.30. The van der Waals surface area contributed by atoms with Crippen LogP contribution in [0.4, 0.5) is 4.39 Å². The summed E-state index contributed by atoms with van der Waals surface area (Å²) >= 11 is 4.64. The van der Waals surface area contributed by atoms with E-state index in [-0.39, 0.29) is 23.9 Å². The van der Waals surface area contributed by atoms with Gasteiger partial charge < -0.3 is 9.47 Å². The van der Waals surface area contributed by atoms with Crippen molar-refractivity contribution in [2.45, 2.75) is 24.3 Å². The summed E-state index contributed by atoms with van der Waals surface area (Å²) in [6, 6.07) is 9.29. The van der Waals surface area contributed by atoms with Gasteiger partial charge in [-0.05, 0) is 71.7 Å². The maximum Gasteiger partial charge on any atom is 0.220 e. The molecule has 0 bridgehead atoms. The third-order valence-corrected chi connectivity index (χ3v) is 6.22. The van der Waals surface area contributed by atoms with Crippen molar-refractivity contribution in [1.82, 2.24) is 14.8 Å². The number of hydrogen-bond acceptors (Lipinski definition) is 7. The zero-order valence-electron chi connectivity index (χ0n) is 17.8. The van der Waals surface area contributed by atoms with E-state index in [0.29, 0.717) is 44.8 Å². The van der Waals surface area contributed by atoms with Crippen LogP contribution in [0.3, 0.4) is 0 Å². The molecular weight excluding hydrogens is 515 g/mol. The Hall–Kier alpha value is -3.10. The second-order valence-corrected chi connectivity index (χ2v) is 8.74. The van der Waals surface area contributed by atoms with E-state index >= 15 is 0 Å². The van der Waals surface area contributed by atoms with Crippen molar-refractivity contribution in [3.8, 4) is 29.5 Å². The van der Waals surface area contributed by atoms with Gasteiger partial charge in [0.2, 0.25) is 6.54 Å². The maximum atomic E-state index is 13.4. The number of halogens is 2. The Bertz CT molecular complexity index is 1180. The van der Waals surface area contributed by atoms with Crippen molar-refractivity contribution >= 4 is 27.7 Å². The van der Waals surface area contributed by atoms with Crippen LogP contribution in [0.5, 0.6) is 11.5 Å². The van der Waals surface area contributed by atoms with Gasteiger partial charge in [0, 0.05) is 10.6 Å². The van der Waals surface area contributed by atoms with E-state index in [1.807, 2.05) is 6.92 Å². The predicted molar refractivity (Wildman–Crippen MR) is 126 cm³/mol. The van der Waals surface area contributed by atoms with Gasteiger partial charge in [0.05, 0.1) is 11.1 Å². The van der Waals surface area contributed by atoms with E-state index < -0.39 is 5.25 Å². The largest absolute Gasteiger partial charge is 0.490 e. The zero-order chi connectivity index (χ0) is 24.0. The molecule has 0 amide bonds. The van der Waals surface area contributed by atoms with E-state index in [2.05, 4.69) is 32.0 Å². The Balaban J connectivity index is 2.02. The number of thioether (sulfide) groups is 1. The average molecular weight is 535 g/mol. The molecule has 0 spiro atoms. The zero-order valence-corrected chi connectivity index (χ0v) is 20.2. The van der Waals surface area contributed by atoms with Gasteiger partial charge in [-0.15, -0.1) is 16.6 Å². The van der Waals surface area contributed by atoms with Crippen LogP contribution in [-0.2, 0) is 0 Å². The molecule has 1 atom stereocenters. The third kappa shape index (κ3) is 6.03. The van der Waals surface area contributed by atoms with Gasteiger partial charge in [-0.3, -0.25) is 14.7 Å². The number of terminal acetylenes is 1. The lowest BCUT2D eigenvalue weighted by molar-refractivity contribution is -0.479. The second kappa shape index (κ2) is 11.2. The molecule has 0 aliphatic rings. The van der Waals surface area contributed by atoms with Crippen molar-refractivity contribution in [3.63, 3.8) is 0 Å². The fraction of sp³-hybridized carbons (Fsp3) is 0.273. The van der Waals surface area contributed by atoms with Crippen molar-refractivity contribution in [2.24, 2.45) is 0 Å². The topological polar surface area (TPSA) is 92.3 Å². The molecule has 0 aliphatic heterocycles. The van der Waals surface area contributed by atoms with Crippen LogP contribution in [-0.4, -0.2) is 39.4 Å². The smallest absolute Gasteiger partial charge is 0.220 e. The highest BCUT2D eigenvalue weighted by Crippen LogP contribution is 2.43. The molecule has 0 aliphatic carbocycles. The molecule has 0 unspecified atom stereocenters. The molecule has 11 heteroatoms. The van der Waals surface area contributed by atoms with Gasteiger partial charge in [0.25, 0.3) is 0 Å². The summed E-state index contributed by atoms with van der Waals surface area (Å²) in [7, 11) is 0. The Morgan fingerprint density at radius 3 is 2.67 bits per heavy atom. The molecule has 0 N–H and O–H groups in total. The van der Waals surface area contributed by atoms with Crippen LogP contribution in [0.25, 0.3) is 5.69 Å². The van der Waals surface area contributed by atoms with Crippen LogP contribution >= 0.6 is 27.7 Å². The first-order chi connectivity index (χ1) is 15.8. The Morgan fingerprint density at radius 1 is 1.30 bits per heavy atom. The van der Waals surface area contributed by atoms with Gasteiger partial charge in [-0.1, -0.05) is 17.7 Å². The number of nitrogens with zero attached hydrogens (tertiary/aromatic N) is 4. The molecule has 8 nitrogen and oxygen atoms in total. The lowest BCUT2D eigenvalue weighted by atomic mass is 10.1. The molecule has 3 aromatic rings. The lowest BCUT2D eigenvalue weighted by Gasteiger charge is -2.18. The van der Waals surface area contributed by atoms with E-state index in [0.717, 1.165) is 0 Å². The number of aryl methyl sites for hydroxylation is 1. The van der Waals surface area contributed by atoms with E-state index in [9.17, 15) is 14.5 Å². The molecule has 2 aromatic carbocycles. The fourth-order valence-electron chi connectivity index (χ4n) is 3.07. The van der Waals surface area contributed by atoms with E-state index in [1.165, 1.54) is 23.9 Å². The monoisotopic (exact) mass is 534 g/mol. The number of hydrogen-bond donors (Lipinski definition) is 0. The third-order valence-electron chi connectivity index (χ3n) is 4.45. The van der Waals surface area contributed by atoms with Gasteiger partial charge in [-0.25, -0.2) is 4.39 Å². The molecule has 0 fully saturated rings. The van der Waals surface area contributed by atoms with Gasteiger partial charge in [0.1, 0.15) is 23.5 Å². The standard InChI is InChI=1S/C22H20BrFN4O4S/c1-4-10-32-21-18(23)11-15(12-19(21)31-5-2)20(13-27(29)30)33-22-26-25-14(3)28(22)17-8-6-16(24)7-9-17/h1,6-9,11-12,20H,5,10,13H2,2-3H3/t20-/m1/s1. The summed E-state index contributed by atoms with van der Waals surface area (Å²) < 4.78 is 27.0. The highest BCUT2D eigenvalue weighted by atomic mass is 79.9. The Kier molecular flexibility index (Phi) is 8.30. The minimum absolute atomic E-state index is 0.0468. The van der Waals surface area contributed by atoms with Gasteiger partial charge >= 0.3 is 0 Å². The SMILES string of the molecule is C#CCOc1c(Br)cc([C@@H](C[N+](=O)[O-])Sc2nnc(C)n2-c2ccc(F)cc2)cc1OCC. The van der Waals surface area contributed by atoms with Crippen LogP contribution in [0.15, 0.2) is 46.0 Å². The minimum atomic E-state index is -0.625. The average Bonchev–Trinajstić information content (AvgIpc) is 3.13. The summed E-state index contributed by atoms with van der Waals surface area (Å²) in [5.74, 6) is 3.44. The van der Waals surface area contributed by atoms with Crippen LogP contribution < -0.4 is 9.47 Å². The molecule has 1 aromatic heterocycles. The number of nitro groups is 1. The number of ether oxygens (including phenoxy) is 2. The maximum absolute atomic E-state index is 13.4. The number of benzene rings is 2. The quantitative estimate of drug-likeness (QED) is 0.156. The highest BCUT2D eigenvalue weighted by Gasteiger charge is 2.26. The molecule has 0 radical (unpaired) electrons. The van der Waals surface area contributed by atoms with Crippen molar-refractivity contribution < 1.29 is 18.8 Å². The van der Waals surface area contributed by atoms with E-state index in [4.69, 9.17) is 15.9 Å². The van der Waals surface area contributed by atoms with Gasteiger partial charge in [-0.2, -0.15) is 0 Å². The summed E-state index contributed by atoms with van der Waals surface area (Å²) in [5.41, 5.74) is 1.28. The predicted octanol–water partition coefficient (Wildman–Crippen LogP) is 5.00. The van der Waals surface area contributed by atoms with Gasteiger partial charge in [0.15, 0.2) is 16.7 Å². The van der Waals surface area contributed by atoms with Crippen LogP contribution in [0.1, 0.15) is 23.6 Å². The number of rotatable bonds is 10. The normalized spacial score (nSPS) is 11.6. The highest BCUT2D eigenvalue weighted by molar-refractivity contribution is 9.10. The molecular formula is C22H20BrFN4O4S. The fourth-order valence-corrected chi connectivity index (χ4v) is 4.80. The van der Waals surface area contributed by atoms with Crippen molar-refractivity contribution in [1.29, 1.82) is 0 Å². The molecule has 3 rings (SSSR count). The summed E-state index contributed by atoms with van der Waals surface area (Å²) in [6.45, 7) is 3.62. The first-order valence-electron chi connectivity index (χ1n) is 9.83. The molecule has 0 saturated carbocycles. The Morgan fingerprint density at radius 2 is 2.03 bits per heavy atom. The van der Waals surface area contributed by atoms with E-state index in [1.54, 1.807) is 35.8 Å². The van der Waals surface area contributed by atoms with Crippen LogP contribution in [0.2, 0.25) is 0 Å². The van der Waals surface area contributed by atoms with Crippen molar-refractivity contribution in [2.75, 3.05) is 19.8 Å². The van der Waals surface area contributed by atoms with Crippen LogP contribution in [0, 0.1) is 35.2 Å². The summed E-state index contributed by atoms with van der Waals surface area (Å²) in [4.78, 5) is 11.1. The Labute approximate surface area is 202 Å². The van der Waals surface area contributed by atoms with Crippen molar-refractivity contribution in [3.05, 3.63) is 68.2 Å². The first-order valence-corrected chi connectivity index (χ1v) is 11.5. The first kappa shape index (κ1) is 24.5. The molecule has 33 heavy (non-hydrogen) atoms. The lowest BCUT2D eigenvalue weighted by Crippen LogP contribution is -2.12. The summed E-state index contributed by atoms with van der Waals surface area (Å²) in [5, 5.41) is 19.6. The molecule has 172 valence electrons. The molecule has 1 heterocycles.